The average molecular weight is 435 g/mol. The van der Waals surface area contributed by atoms with Crippen LogP contribution >= 0.6 is 0 Å². The summed E-state index contributed by atoms with van der Waals surface area (Å²) >= 11 is 0. The van der Waals surface area contributed by atoms with Gasteiger partial charge in [-0.05, 0) is 50.2 Å². The van der Waals surface area contributed by atoms with Crippen LogP contribution in [-0.4, -0.2) is 49.1 Å². The van der Waals surface area contributed by atoms with E-state index >= 15 is 0 Å². The standard InChI is InChI=1S/C24H30N6O2/c1-3-20-10-6-7-12-28(20)22(31)16-29-24(32)30-21(26-29)14-17(2)25-23(30)27-13-11-18-8-4-5-9-19(18)15-27/h4-5,8-9,14,20H,3,6-7,10-13,15-16H2,1-2H3. The molecule has 1 atom stereocenters. The monoisotopic (exact) mass is 434 g/mol. The van der Waals surface area contributed by atoms with Crippen molar-refractivity contribution in [2.75, 3.05) is 18.0 Å². The number of fused-ring (bicyclic) bond motifs is 2. The maximum Gasteiger partial charge on any atom is 0.353 e. The van der Waals surface area contributed by atoms with E-state index in [1.165, 1.54) is 15.8 Å². The predicted molar refractivity (Wildman–Crippen MR) is 123 cm³/mol. The lowest BCUT2D eigenvalue weighted by molar-refractivity contribution is -0.135. The van der Waals surface area contributed by atoms with Crippen LogP contribution in [0.1, 0.15) is 49.4 Å². The molecule has 0 bridgehead atoms. The Hall–Kier alpha value is -3.16. The van der Waals surface area contributed by atoms with Crippen LogP contribution < -0.4 is 10.6 Å². The van der Waals surface area contributed by atoms with Crippen LogP contribution in [0.5, 0.6) is 0 Å². The van der Waals surface area contributed by atoms with E-state index in [2.05, 4.69) is 35.1 Å². The highest BCUT2D eigenvalue weighted by Gasteiger charge is 2.27. The summed E-state index contributed by atoms with van der Waals surface area (Å²) in [4.78, 5) is 35.2. The predicted octanol–water partition coefficient (Wildman–Crippen LogP) is 2.55. The Morgan fingerprint density at radius 3 is 2.78 bits per heavy atom. The maximum absolute atomic E-state index is 13.3. The van der Waals surface area contributed by atoms with Gasteiger partial charge in [0.15, 0.2) is 5.65 Å². The van der Waals surface area contributed by atoms with E-state index in [0.29, 0.717) is 18.1 Å². The minimum atomic E-state index is -0.306. The van der Waals surface area contributed by atoms with Crippen molar-refractivity contribution >= 4 is 17.5 Å². The summed E-state index contributed by atoms with van der Waals surface area (Å²) in [5.41, 5.74) is 3.63. The highest BCUT2D eigenvalue weighted by molar-refractivity contribution is 5.76. The quantitative estimate of drug-likeness (QED) is 0.631. The fourth-order valence-electron chi connectivity index (χ4n) is 5.09. The van der Waals surface area contributed by atoms with Gasteiger partial charge in [-0.3, -0.25) is 4.79 Å². The number of aromatic nitrogens is 4. The van der Waals surface area contributed by atoms with E-state index in [1.807, 2.05) is 17.9 Å². The second-order valence-corrected chi connectivity index (χ2v) is 8.92. The third kappa shape index (κ3) is 3.67. The highest BCUT2D eigenvalue weighted by atomic mass is 16.2. The molecule has 32 heavy (non-hydrogen) atoms. The van der Waals surface area contributed by atoms with Crippen LogP contribution in [0, 0.1) is 6.92 Å². The molecule has 2 aliphatic heterocycles. The van der Waals surface area contributed by atoms with E-state index < -0.39 is 0 Å². The van der Waals surface area contributed by atoms with Gasteiger partial charge in [-0.1, -0.05) is 31.2 Å². The summed E-state index contributed by atoms with van der Waals surface area (Å²) in [6, 6.07) is 10.5. The van der Waals surface area contributed by atoms with Crippen molar-refractivity contribution < 1.29 is 4.79 Å². The van der Waals surface area contributed by atoms with E-state index in [0.717, 1.165) is 50.9 Å². The molecule has 0 aliphatic carbocycles. The number of carbonyl (C=O) groups is 1. The molecule has 0 saturated carbocycles. The Labute approximate surface area is 187 Å². The molecule has 8 heteroatoms. The molecule has 1 amide bonds. The summed E-state index contributed by atoms with van der Waals surface area (Å²) in [5.74, 6) is 0.572. The lowest BCUT2D eigenvalue weighted by atomic mass is 10.00. The van der Waals surface area contributed by atoms with Crippen LogP contribution in [0.2, 0.25) is 0 Å². The van der Waals surface area contributed by atoms with Crippen molar-refractivity contribution in [1.82, 2.24) is 24.1 Å². The molecule has 168 valence electrons. The van der Waals surface area contributed by atoms with E-state index in [4.69, 9.17) is 4.98 Å². The normalized spacial score (nSPS) is 18.8. The number of carbonyl (C=O) groups excluding carboxylic acids is 1. The van der Waals surface area contributed by atoms with Gasteiger partial charge in [0.05, 0.1) is 0 Å². The van der Waals surface area contributed by atoms with Gasteiger partial charge >= 0.3 is 5.69 Å². The summed E-state index contributed by atoms with van der Waals surface area (Å²) in [6.45, 7) is 6.24. The topological polar surface area (TPSA) is 75.7 Å². The number of rotatable bonds is 4. The fourth-order valence-corrected chi connectivity index (χ4v) is 5.09. The van der Waals surface area contributed by atoms with Gasteiger partial charge in [0.25, 0.3) is 0 Å². The number of aryl methyl sites for hydroxylation is 1. The number of likely N-dealkylation sites (tertiary alicyclic amines) is 1. The van der Waals surface area contributed by atoms with Crippen molar-refractivity contribution in [2.45, 2.75) is 65.1 Å². The molecular formula is C24H30N6O2. The zero-order valence-electron chi connectivity index (χ0n) is 18.8. The number of benzene rings is 1. The number of amides is 1. The lowest BCUT2D eigenvalue weighted by Gasteiger charge is -2.35. The first-order valence-electron chi connectivity index (χ1n) is 11.6. The third-order valence-corrected chi connectivity index (χ3v) is 6.80. The maximum atomic E-state index is 13.3. The van der Waals surface area contributed by atoms with Gasteiger partial charge in [-0.15, -0.1) is 5.10 Å². The first kappa shape index (κ1) is 20.7. The molecule has 3 aromatic rings. The zero-order valence-corrected chi connectivity index (χ0v) is 18.8. The summed E-state index contributed by atoms with van der Waals surface area (Å²) < 4.78 is 2.86. The number of piperidine rings is 1. The Bertz CT molecular complexity index is 1210. The average Bonchev–Trinajstić information content (AvgIpc) is 3.12. The van der Waals surface area contributed by atoms with Crippen LogP contribution in [0.4, 0.5) is 5.95 Å². The molecule has 1 unspecified atom stereocenters. The van der Waals surface area contributed by atoms with Gasteiger partial charge in [-0.2, -0.15) is 0 Å². The number of hydrogen-bond acceptors (Lipinski definition) is 5. The summed E-state index contributed by atoms with van der Waals surface area (Å²) in [6.07, 6.45) is 5.05. The van der Waals surface area contributed by atoms with Crippen molar-refractivity contribution in [3.63, 3.8) is 0 Å². The molecule has 1 fully saturated rings. The minimum Gasteiger partial charge on any atom is -0.338 e. The van der Waals surface area contributed by atoms with Gasteiger partial charge in [-0.25, -0.2) is 18.9 Å². The fraction of sp³-hybridized carbons (Fsp3) is 0.500. The van der Waals surface area contributed by atoms with Gasteiger partial charge in [0.1, 0.15) is 6.54 Å². The van der Waals surface area contributed by atoms with Crippen LogP contribution in [0.3, 0.4) is 0 Å². The number of nitrogens with zero attached hydrogens (tertiary/aromatic N) is 6. The second-order valence-electron chi connectivity index (χ2n) is 8.92. The Balaban J connectivity index is 1.48. The molecule has 1 saturated heterocycles. The van der Waals surface area contributed by atoms with E-state index in [-0.39, 0.29) is 24.2 Å². The van der Waals surface area contributed by atoms with Crippen molar-refractivity contribution in [3.05, 3.63) is 57.6 Å². The Kier molecular flexibility index (Phi) is 5.45. The van der Waals surface area contributed by atoms with Crippen molar-refractivity contribution in [2.24, 2.45) is 0 Å². The zero-order chi connectivity index (χ0) is 22.2. The second kappa shape index (κ2) is 8.41. The van der Waals surface area contributed by atoms with E-state index in [1.54, 1.807) is 10.5 Å². The Morgan fingerprint density at radius 1 is 1.16 bits per heavy atom. The molecule has 5 rings (SSSR count). The molecule has 2 aromatic heterocycles. The van der Waals surface area contributed by atoms with Gasteiger partial charge in [0, 0.05) is 37.4 Å². The summed E-state index contributed by atoms with van der Waals surface area (Å²) in [7, 11) is 0. The van der Waals surface area contributed by atoms with Gasteiger partial charge in [0.2, 0.25) is 11.9 Å². The molecule has 0 radical (unpaired) electrons. The van der Waals surface area contributed by atoms with Crippen molar-refractivity contribution in [3.8, 4) is 0 Å². The van der Waals surface area contributed by atoms with Crippen LogP contribution in [0.25, 0.3) is 5.65 Å². The number of anilines is 1. The first-order valence-corrected chi connectivity index (χ1v) is 11.6. The number of hydrogen-bond donors (Lipinski definition) is 0. The van der Waals surface area contributed by atoms with Crippen LogP contribution in [0.15, 0.2) is 35.1 Å². The molecule has 4 heterocycles. The SMILES string of the molecule is CCC1CCCCN1C(=O)Cn1nc2cc(C)nc(N3CCc4ccccc4C3)n2c1=O. The third-order valence-electron chi connectivity index (χ3n) is 6.80. The minimum absolute atomic E-state index is 0.0276. The summed E-state index contributed by atoms with van der Waals surface area (Å²) in [5, 5.41) is 4.51. The molecule has 8 nitrogen and oxygen atoms in total. The first-order chi connectivity index (χ1) is 15.5. The largest absolute Gasteiger partial charge is 0.353 e. The lowest BCUT2D eigenvalue weighted by Crippen LogP contribution is -2.46. The van der Waals surface area contributed by atoms with Gasteiger partial charge < -0.3 is 9.80 Å². The molecule has 2 aliphatic rings. The Morgan fingerprint density at radius 2 is 1.97 bits per heavy atom. The smallest absolute Gasteiger partial charge is 0.338 e. The molecular weight excluding hydrogens is 404 g/mol. The molecule has 0 spiro atoms. The molecule has 0 N–H and O–H groups in total. The van der Waals surface area contributed by atoms with Crippen LogP contribution in [-0.2, 0) is 24.3 Å². The van der Waals surface area contributed by atoms with E-state index in [9.17, 15) is 9.59 Å². The molecule has 1 aromatic carbocycles. The highest BCUT2D eigenvalue weighted by Crippen LogP contribution is 2.24. The van der Waals surface area contributed by atoms with Crippen molar-refractivity contribution in [1.29, 1.82) is 0 Å².